The minimum Gasteiger partial charge on any atom is -0.348 e. The number of carbonyl (C=O) groups excluding carboxylic acids is 1. The van der Waals surface area contributed by atoms with Crippen LogP contribution in [0.5, 0.6) is 0 Å². The normalized spacial score (nSPS) is 21.2. The zero-order valence-corrected chi connectivity index (χ0v) is 15.1. The zero-order chi connectivity index (χ0) is 17.9. The first kappa shape index (κ1) is 16.9. The summed E-state index contributed by atoms with van der Waals surface area (Å²) in [6.07, 6.45) is 9.34. The summed E-state index contributed by atoms with van der Waals surface area (Å²) in [5.74, 6) is 3.12. The van der Waals surface area contributed by atoms with Gasteiger partial charge in [-0.1, -0.05) is 36.3 Å². The Labute approximate surface area is 155 Å². The van der Waals surface area contributed by atoms with Crippen molar-refractivity contribution in [3.05, 3.63) is 59.9 Å². The molecule has 1 amide bonds. The third-order valence-corrected chi connectivity index (χ3v) is 5.69. The summed E-state index contributed by atoms with van der Waals surface area (Å²) in [4.78, 5) is 17.8. The number of piperidine rings is 1. The van der Waals surface area contributed by atoms with Crippen LogP contribution >= 0.6 is 0 Å². The first-order chi connectivity index (χ1) is 12.8. The molecule has 26 heavy (non-hydrogen) atoms. The molecule has 0 radical (unpaired) electrons. The molecule has 2 aliphatic rings. The first-order valence-electron chi connectivity index (χ1n) is 9.44. The number of fused-ring (bicyclic) bond motifs is 1. The second-order valence-corrected chi connectivity index (χ2v) is 7.23. The van der Waals surface area contributed by atoms with E-state index >= 15 is 0 Å². The van der Waals surface area contributed by atoms with Crippen LogP contribution in [0.4, 0.5) is 0 Å². The van der Waals surface area contributed by atoms with Gasteiger partial charge in [0.1, 0.15) is 0 Å². The number of nitrogens with zero attached hydrogens (tertiary/aromatic N) is 3. The minimum absolute atomic E-state index is 0.0104. The van der Waals surface area contributed by atoms with Crippen molar-refractivity contribution in [3.8, 4) is 12.3 Å². The molecular formula is C22H25N3O. The van der Waals surface area contributed by atoms with Crippen LogP contribution in [0.3, 0.4) is 0 Å². The molecule has 134 valence electrons. The highest BCUT2D eigenvalue weighted by Crippen LogP contribution is 2.34. The Morgan fingerprint density at radius 3 is 2.54 bits per heavy atom. The minimum atomic E-state index is 0.0104. The Morgan fingerprint density at radius 1 is 1.04 bits per heavy atom. The second-order valence-electron chi connectivity index (χ2n) is 7.23. The van der Waals surface area contributed by atoms with E-state index in [1.807, 2.05) is 6.07 Å². The molecule has 1 saturated heterocycles. The first-order valence-corrected chi connectivity index (χ1v) is 9.44. The Hall–Kier alpha value is -2.51. The summed E-state index contributed by atoms with van der Waals surface area (Å²) < 4.78 is 2.27. The number of terminal acetylenes is 1. The van der Waals surface area contributed by atoms with E-state index < -0.39 is 0 Å². The standard InChI is InChI=1S/C22H25N3O/c1-2-12-23-14-10-19(11-15-23)22(26)25-17-16-24-13-6-9-20(24)21(25)18-7-4-3-5-8-18/h1,3-9,13,19,21H,10-12,14-17H2/t21-/m0/s1. The molecule has 4 nitrogen and oxygen atoms in total. The third-order valence-electron chi connectivity index (χ3n) is 5.69. The maximum absolute atomic E-state index is 13.4. The molecule has 0 bridgehead atoms. The van der Waals surface area contributed by atoms with E-state index in [-0.39, 0.29) is 12.0 Å². The van der Waals surface area contributed by atoms with Gasteiger partial charge in [-0.3, -0.25) is 9.69 Å². The molecule has 0 spiro atoms. The Bertz CT molecular complexity index is 796. The van der Waals surface area contributed by atoms with E-state index in [1.165, 1.54) is 11.3 Å². The molecule has 1 atom stereocenters. The average molecular weight is 347 g/mol. The van der Waals surface area contributed by atoms with Crippen LogP contribution in [0, 0.1) is 18.3 Å². The maximum Gasteiger partial charge on any atom is 0.226 e. The Balaban J connectivity index is 1.57. The predicted octanol–water partition coefficient (Wildman–Crippen LogP) is 2.76. The quantitative estimate of drug-likeness (QED) is 0.799. The Morgan fingerprint density at radius 2 is 1.81 bits per heavy atom. The fourth-order valence-electron chi connectivity index (χ4n) is 4.31. The summed E-state index contributed by atoms with van der Waals surface area (Å²) in [7, 11) is 0. The van der Waals surface area contributed by atoms with Crippen molar-refractivity contribution in [3.63, 3.8) is 0 Å². The van der Waals surface area contributed by atoms with E-state index in [9.17, 15) is 4.79 Å². The number of likely N-dealkylation sites (tertiary alicyclic amines) is 1. The topological polar surface area (TPSA) is 28.5 Å². The number of benzene rings is 1. The summed E-state index contributed by atoms with van der Waals surface area (Å²) in [6, 6.07) is 14.6. The average Bonchev–Trinajstić information content (AvgIpc) is 3.17. The van der Waals surface area contributed by atoms with Crippen LogP contribution in [0.25, 0.3) is 0 Å². The smallest absolute Gasteiger partial charge is 0.226 e. The van der Waals surface area contributed by atoms with Crippen molar-refractivity contribution in [1.29, 1.82) is 0 Å². The molecule has 4 rings (SSSR count). The number of carbonyl (C=O) groups is 1. The predicted molar refractivity (Wildman–Crippen MR) is 102 cm³/mol. The molecular weight excluding hydrogens is 322 g/mol. The monoisotopic (exact) mass is 347 g/mol. The van der Waals surface area contributed by atoms with Crippen LogP contribution in [0.1, 0.15) is 30.1 Å². The van der Waals surface area contributed by atoms with Crippen molar-refractivity contribution < 1.29 is 4.79 Å². The van der Waals surface area contributed by atoms with E-state index in [2.05, 4.69) is 62.9 Å². The van der Waals surface area contributed by atoms with Gasteiger partial charge >= 0.3 is 0 Å². The van der Waals surface area contributed by atoms with Gasteiger partial charge in [-0.25, -0.2) is 0 Å². The van der Waals surface area contributed by atoms with Gasteiger partial charge in [-0.05, 0) is 43.6 Å². The Kier molecular flexibility index (Phi) is 4.81. The lowest BCUT2D eigenvalue weighted by molar-refractivity contribution is -0.139. The van der Waals surface area contributed by atoms with Gasteiger partial charge in [0.25, 0.3) is 0 Å². The summed E-state index contributed by atoms with van der Waals surface area (Å²) in [5.41, 5.74) is 2.39. The highest BCUT2D eigenvalue weighted by molar-refractivity contribution is 5.80. The zero-order valence-electron chi connectivity index (χ0n) is 15.1. The fraction of sp³-hybridized carbons (Fsp3) is 0.409. The number of hydrogen-bond acceptors (Lipinski definition) is 2. The van der Waals surface area contributed by atoms with Gasteiger partial charge in [0.15, 0.2) is 0 Å². The summed E-state index contributed by atoms with van der Waals surface area (Å²) >= 11 is 0. The van der Waals surface area contributed by atoms with Crippen LogP contribution in [-0.2, 0) is 11.3 Å². The van der Waals surface area contributed by atoms with E-state index in [1.54, 1.807) is 0 Å². The lowest BCUT2D eigenvalue weighted by Crippen LogP contribution is -2.47. The van der Waals surface area contributed by atoms with Crippen LogP contribution in [0.2, 0.25) is 0 Å². The van der Waals surface area contributed by atoms with Crippen molar-refractivity contribution in [2.45, 2.75) is 25.4 Å². The molecule has 0 saturated carbocycles. The summed E-state index contributed by atoms with van der Waals surface area (Å²) in [6.45, 7) is 4.16. The highest BCUT2D eigenvalue weighted by Gasteiger charge is 2.36. The SMILES string of the molecule is C#CCN1CCC(C(=O)N2CCn3cccc3[C@@H]2c2ccccc2)CC1. The molecule has 2 aliphatic heterocycles. The van der Waals surface area contributed by atoms with Gasteiger partial charge in [0.2, 0.25) is 5.91 Å². The molecule has 4 heteroatoms. The maximum atomic E-state index is 13.4. The van der Waals surface area contributed by atoms with Gasteiger partial charge in [-0.15, -0.1) is 6.42 Å². The van der Waals surface area contributed by atoms with Crippen LogP contribution in [0.15, 0.2) is 48.7 Å². The lowest BCUT2D eigenvalue weighted by Gasteiger charge is -2.40. The molecule has 2 aromatic rings. The van der Waals surface area contributed by atoms with Gasteiger partial charge < -0.3 is 9.47 Å². The summed E-state index contributed by atoms with van der Waals surface area (Å²) in [5, 5.41) is 0. The molecule has 0 N–H and O–H groups in total. The number of hydrogen-bond donors (Lipinski definition) is 0. The van der Waals surface area contributed by atoms with Gasteiger partial charge in [0, 0.05) is 30.9 Å². The fourth-order valence-corrected chi connectivity index (χ4v) is 4.31. The molecule has 0 unspecified atom stereocenters. The van der Waals surface area contributed by atoms with Crippen molar-refractivity contribution in [2.24, 2.45) is 5.92 Å². The molecule has 1 aromatic carbocycles. The molecule has 1 fully saturated rings. The van der Waals surface area contributed by atoms with Crippen molar-refractivity contribution in [2.75, 3.05) is 26.2 Å². The second kappa shape index (κ2) is 7.39. The van der Waals surface area contributed by atoms with Crippen LogP contribution < -0.4 is 0 Å². The largest absolute Gasteiger partial charge is 0.348 e. The number of aromatic nitrogens is 1. The molecule has 0 aliphatic carbocycles. The van der Waals surface area contributed by atoms with Crippen molar-refractivity contribution in [1.82, 2.24) is 14.4 Å². The van der Waals surface area contributed by atoms with E-state index in [0.717, 1.165) is 39.0 Å². The molecule has 3 heterocycles. The van der Waals surface area contributed by atoms with E-state index in [4.69, 9.17) is 6.42 Å². The van der Waals surface area contributed by atoms with E-state index in [0.29, 0.717) is 12.5 Å². The highest BCUT2D eigenvalue weighted by atomic mass is 16.2. The third kappa shape index (κ3) is 3.15. The van der Waals surface area contributed by atoms with Crippen molar-refractivity contribution >= 4 is 5.91 Å². The number of amides is 1. The van der Waals surface area contributed by atoms with Crippen LogP contribution in [-0.4, -0.2) is 46.5 Å². The molecule has 1 aromatic heterocycles. The number of rotatable bonds is 3. The van der Waals surface area contributed by atoms with Gasteiger partial charge in [-0.2, -0.15) is 0 Å². The van der Waals surface area contributed by atoms with Gasteiger partial charge in [0.05, 0.1) is 12.6 Å². The lowest BCUT2D eigenvalue weighted by atomic mass is 9.92.